The van der Waals surface area contributed by atoms with Crippen molar-refractivity contribution in [3.63, 3.8) is 0 Å². The number of aryl methyl sites for hydroxylation is 1. The predicted molar refractivity (Wildman–Crippen MR) is 107 cm³/mol. The molecule has 1 aromatic rings. The van der Waals surface area contributed by atoms with Crippen LogP contribution >= 0.6 is 20.2 Å². The Bertz CT molecular complexity index is 597. The summed E-state index contributed by atoms with van der Waals surface area (Å²) in [6.45, 7) is 1.97. The Morgan fingerprint density at radius 2 is 1.29 bits per heavy atom. The summed E-state index contributed by atoms with van der Waals surface area (Å²) >= 11 is -2.00. The standard InChI is InChI=1S/C19H29IO3S/c1-16-12-14-19(15-13-16)24(21,22)23-20(17-8-4-2-5-9-17)18-10-6-3-7-11-18/h12-15,17-18H,2-11H2,1H3. The first-order chi connectivity index (χ1) is 11.6. The zero-order chi connectivity index (χ0) is 17.0. The van der Waals surface area contributed by atoms with Crippen LogP contribution in [0.1, 0.15) is 69.8 Å². The van der Waals surface area contributed by atoms with E-state index in [2.05, 4.69) is 0 Å². The van der Waals surface area contributed by atoms with Crippen LogP contribution in [0.4, 0.5) is 0 Å². The molecule has 5 heteroatoms. The zero-order valence-electron chi connectivity index (χ0n) is 14.5. The van der Waals surface area contributed by atoms with Crippen molar-refractivity contribution in [2.45, 2.75) is 83.9 Å². The summed E-state index contributed by atoms with van der Waals surface area (Å²) in [7, 11) is -3.61. The molecular weight excluding hydrogens is 435 g/mol. The van der Waals surface area contributed by atoms with Crippen LogP contribution in [0.25, 0.3) is 0 Å². The molecule has 0 spiro atoms. The maximum atomic E-state index is 12.9. The first-order valence-electron chi connectivity index (χ1n) is 9.25. The van der Waals surface area contributed by atoms with Gasteiger partial charge in [-0.2, -0.15) is 0 Å². The van der Waals surface area contributed by atoms with Gasteiger partial charge in [0.25, 0.3) is 0 Å². The topological polar surface area (TPSA) is 43.4 Å². The van der Waals surface area contributed by atoms with Gasteiger partial charge in [0.05, 0.1) is 0 Å². The Kier molecular flexibility index (Phi) is 6.60. The summed E-state index contributed by atoms with van der Waals surface area (Å²) in [5.74, 6) is 0. The van der Waals surface area contributed by atoms with Crippen molar-refractivity contribution in [1.29, 1.82) is 0 Å². The number of alkyl halides is 2. The fourth-order valence-electron chi connectivity index (χ4n) is 3.73. The van der Waals surface area contributed by atoms with E-state index in [0.29, 0.717) is 12.7 Å². The molecule has 2 aliphatic carbocycles. The molecule has 24 heavy (non-hydrogen) atoms. The van der Waals surface area contributed by atoms with E-state index < -0.39 is 30.4 Å². The van der Waals surface area contributed by atoms with Gasteiger partial charge in [0.1, 0.15) is 0 Å². The number of halogens is 1. The molecule has 2 aliphatic rings. The minimum absolute atomic E-state index is 0.335. The molecule has 3 rings (SSSR count). The molecule has 0 aromatic heterocycles. The third kappa shape index (κ3) is 4.73. The van der Waals surface area contributed by atoms with Gasteiger partial charge in [0, 0.05) is 0 Å². The van der Waals surface area contributed by atoms with Crippen molar-refractivity contribution in [1.82, 2.24) is 0 Å². The van der Waals surface area contributed by atoms with Crippen molar-refractivity contribution in [3.8, 4) is 0 Å². The average Bonchev–Trinajstić information content (AvgIpc) is 2.62. The number of rotatable bonds is 5. The number of benzene rings is 1. The monoisotopic (exact) mass is 464 g/mol. The van der Waals surface area contributed by atoms with Gasteiger partial charge in [-0.1, -0.05) is 0 Å². The summed E-state index contributed by atoms with van der Waals surface area (Å²) in [4.78, 5) is 0.335. The van der Waals surface area contributed by atoms with Crippen LogP contribution in [0.3, 0.4) is 0 Å². The Labute approximate surface area is 154 Å². The van der Waals surface area contributed by atoms with E-state index in [-0.39, 0.29) is 0 Å². The van der Waals surface area contributed by atoms with Crippen LogP contribution in [0.2, 0.25) is 0 Å². The van der Waals surface area contributed by atoms with Crippen LogP contribution < -0.4 is 0 Å². The van der Waals surface area contributed by atoms with Gasteiger partial charge in [0.2, 0.25) is 0 Å². The second-order valence-electron chi connectivity index (χ2n) is 7.10. The first-order valence-corrected chi connectivity index (χ1v) is 14.0. The summed E-state index contributed by atoms with van der Waals surface area (Å²) < 4.78 is 32.9. The summed E-state index contributed by atoms with van der Waals surface area (Å²) in [6.07, 6.45) is 12.3. The van der Waals surface area contributed by atoms with E-state index in [9.17, 15) is 8.42 Å². The SMILES string of the molecule is Cc1ccc(S(=O)(=O)OI(C2CCCCC2)C2CCCCC2)cc1. The van der Waals surface area contributed by atoms with Gasteiger partial charge in [-0.3, -0.25) is 0 Å². The summed E-state index contributed by atoms with van der Waals surface area (Å²) in [5, 5.41) is 0. The van der Waals surface area contributed by atoms with Crippen LogP contribution in [-0.2, 0) is 12.6 Å². The van der Waals surface area contributed by atoms with Gasteiger partial charge in [-0.25, -0.2) is 0 Å². The second-order valence-corrected chi connectivity index (χ2v) is 14.9. The zero-order valence-corrected chi connectivity index (χ0v) is 17.5. The van der Waals surface area contributed by atoms with E-state index in [1.165, 1.54) is 64.2 Å². The Hall–Kier alpha value is -0.140. The van der Waals surface area contributed by atoms with E-state index in [4.69, 9.17) is 2.51 Å². The molecule has 0 aliphatic heterocycles. The fraction of sp³-hybridized carbons (Fsp3) is 0.684. The maximum absolute atomic E-state index is 12.9. The molecule has 3 nitrogen and oxygen atoms in total. The van der Waals surface area contributed by atoms with Crippen molar-refractivity contribution in [2.24, 2.45) is 0 Å². The third-order valence-electron chi connectivity index (χ3n) is 5.14. The Morgan fingerprint density at radius 1 is 0.833 bits per heavy atom. The average molecular weight is 464 g/mol. The quantitative estimate of drug-likeness (QED) is 0.410. The third-order valence-corrected chi connectivity index (χ3v) is 14.9. The van der Waals surface area contributed by atoms with Gasteiger partial charge >= 0.3 is 155 Å². The second kappa shape index (κ2) is 8.49. The summed E-state index contributed by atoms with van der Waals surface area (Å²) in [6, 6.07) is 7.10. The van der Waals surface area contributed by atoms with Crippen LogP contribution in [-0.4, -0.2) is 16.3 Å². The molecule has 2 fully saturated rings. The molecule has 136 valence electrons. The van der Waals surface area contributed by atoms with E-state index in [0.717, 1.165) is 5.56 Å². The minimum atomic E-state index is -3.61. The molecule has 0 radical (unpaired) electrons. The van der Waals surface area contributed by atoms with Crippen LogP contribution in [0.15, 0.2) is 29.2 Å². The van der Waals surface area contributed by atoms with Crippen molar-refractivity contribution in [3.05, 3.63) is 29.8 Å². The van der Waals surface area contributed by atoms with Gasteiger partial charge in [-0.05, 0) is 0 Å². The Morgan fingerprint density at radius 3 is 1.75 bits per heavy atom. The molecule has 0 bridgehead atoms. The molecule has 0 N–H and O–H groups in total. The predicted octanol–water partition coefficient (Wildman–Crippen LogP) is 5.79. The van der Waals surface area contributed by atoms with E-state index in [1.54, 1.807) is 12.1 Å². The number of hydrogen-bond donors (Lipinski definition) is 0. The van der Waals surface area contributed by atoms with Crippen LogP contribution in [0.5, 0.6) is 0 Å². The molecule has 0 saturated heterocycles. The molecule has 0 unspecified atom stereocenters. The Balaban J connectivity index is 1.80. The van der Waals surface area contributed by atoms with Crippen molar-refractivity contribution in [2.75, 3.05) is 0 Å². The van der Waals surface area contributed by atoms with Crippen molar-refractivity contribution >= 4 is 30.4 Å². The molecule has 0 atom stereocenters. The summed E-state index contributed by atoms with van der Waals surface area (Å²) in [5.41, 5.74) is 1.07. The fourth-order valence-corrected chi connectivity index (χ4v) is 14.3. The molecule has 0 amide bonds. The normalized spacial score (nSPS) is 21.6. The van der Waals surface area contributed by atoms with E-state index >= 15 is 0 Å². The molecule has 2 saturated carbocycles. The number of hydrogen-bond acceptors (Lipinski definition) is 3. The molecule has 0 heterocycles. The molecular formula is C19H29IO3S. The van der Waals surface area contributed by atoms with Gasteiger partial charge < -0.3 is 0 Å². The van der Waals surface area contributed by atoms with Gasteiger partial charge in [-0.15, -0.1) is 0 Å². The van der Waals surface area contributed by atoms with E-state index in [1.807, 2.05) is 19.1 Å². The van der Waals surface area contributed by atoms with Crippen LogP contribution in [0, 0.1) is 6.92 Å². The van der Waals surface area contributed by atoms with Crippen molar-refractivity contribution < 1.29 is 10.9 Å². The van der Waals surface area contributed by atoms with Gasteiger partial charge in [0.15, 0.2) is 0 Å². The first kappa shape index (κ1) is 18.6. The molecule has 1 aromatic carbocycles.